The smallest absolute Gasteiger partial charge is 0.166 e. The first-order chi connectivity index (χ1) is 22.1. The van der Waals surface area contributed by atoms with E-state index in [4.69, 9.17) is 0 Å². The largest absolute Gasteiger partial charge is 0.309 e. The van der Waals surface area contributed by atoms with E-state index in [0.29, 0.717) is 13.0 Å². The molecule has 45 heavy (non-hydrogen) atoms. The predicted octanol–water partition coefficient (Wildman–Crippen LogP) is 9.86. The van der Waals surface area contributed by atoms with Gasteiger partial charge in [0.15, 0.2) is 7.14 Å². The van der Waals surface area contributed by atoms with Gasteiger partial charge in [0.25, 0.3) is 0 Å². The van der Waals surface area contributed by atoms with E-state index in [2.05, 4.69) is 91.1 Å². The maximum Gasteiger partial charge on any atom is 0.166 e. The van der Waals surface area contributed by atoms with E-state index in [0.717, 1.165) is 28.8 Å². The van der Waals surface area contributed by atoms with E-state index < -0.39 is 7.14 Å². The van der Waals surface area contributed by atoms with E-state index >= 15 is 4.57 Å². The highest BCUT2D eigenvalue weighted by molar-refractivity contribution is 7.82. The van der Waals surface area contributed by atoms with Gasteiger partial charge in [-0.05, 0) is 92.5 Å². The van der Waals surface area contributed by atoms with Crippen molar-refractivity contribution in [3.8, 4) is 11.1 Å². The van der Waals surface area contributed by atoms with Crippen LogP contribution in [0.5, 0.6) is 0 Å². The zero-order valence-corrected chi connectivity index (χ0v) is 26.4. The van der Waals surface area contributed by atoms with Gasteiger partial charge >= 0.3 is 0 Å². The molecule has 2 nitrogen and oxygen atoms in total. The minimum Gasteiger partial charge on any atom is -0.309 e. The SMILES string of the molecule is Cc1cc(-c2ccc3c4c(c5ccccc5c3c2)C=CCC4)ccc1C1CC(P(=O)(c2ccccc2)c2ccccc2)=CCN1. The third kappa shape index (κ3) is 4.81. The van der Waals surface area contributed by atoms with Crippen LogP contribution >= 0.6 is 7.14 Å². The zero-order valence-electron chi connectivity index (χ0n) is 25.5. The van der Waals surface area contributed by atoms with E-state index in [9.17, 15) is 0 Å². The van der Waals surface area contributed by atoms with Gasteiger partial charge in [-0.2, -0.15) is 0 Å². The summed E-state index contributed by atoms with van der Waals surface area (Å²) < 4.78 is 15.1. The van der Waals surface area contributed by atoms with Crippen LogP contribution in [0.2, 0.25) is 0 Å². The van der Waals surface area contributed by atoms with Crippen molar-refractivity contribution < 1.29 is 4.57 Å². The fourth-order valence-electron chi connectivity index (χ4n) is 7.52. The molecule has 0 saturated heterocycles. The zero-order chi connectivity index (χ0) is 30.4. The molecular weight excluding hydrogens is 565 g/mol. The minimum atomic E-state index is -2.97. The van der Waals surface area contributed by atoms with Crippen LogP contribution < -0.4 is 15.9 Å². The maximum atomic E-state index is 15.1. The molecule has 1 N–H and O–H groups in total. The second kappa shape index (κ2) is 11.5. The summed E-state index contributed by atoms with van der Waals surface area (Å²) in [5.74, 6) is 0. The summed E-state index contributed by atoms with van der Waals surface area (Å²) in [6.45, 7) is 2.91. The Balaban J connectivity index is 1.15. The molecule has 6 aromatic rings. The molecule has 0 fully saturated rings. The van der Waals surface area contributed by atoms with Crippen LogP contribution in [-0.4, -0.2) is 6.54 Å². The molecule has 1 heterocycles. The number of allylic oxidation sites excluding steroid dienone is 1. The van der Waals surface area contributed by atoms with Gasteiger partial charge in [0.2, 0.25) is 0 Å². The summed E-state index contributed by atoms with van der Waals surface area (Å²) >= 11 is 0. The quantitative estimate of drug-likeness (QED) is 0.157. The first kappa shape index (κ1) is 28.0. The molecule has 0 saturated carbocycles. The van der Waals surface area contributed by atoms with Gasteiger partial charge in [0.1, 0.15) is 0 Å². The molecule has 1 aliphatic heterocycles. The summed E-state index contributed by atoms with van der Waals surface area (Å²) in [5.41, 5.74) is 7.84. The van der Waals surface area contributed by atoms with Gasteiger partial charge in [-0.15, -0.1) is 0 Å². The Hall–Kier alpha value is -4.49. The Morgan fingerprint density at radius 1 is 0.689 bits per heavy atom. The molecule has 6 aromatic carbocycles. The Bertz CT molecular complexity index is 2130. The van der Waals surface area contributed by atoms with Gasteiger partial charge in [-0.25, -0.2) is 0 Å². The highest BCUT2D eigenvalue weighted by atomic mass is 31.2. The number of rotatable bonds is 5. The first-order valence-electron chi connectivity index (χ1n) is 16.0. The van der Waals surface area contributed by atoms with Crippen LogP contribution in [0.4, 0.5) is 0 Å². The summed E-state index contributed by atoms with van der Waals surface area (Å²) in [6, 6.07) is 42.9. The standard InChI is InChI=1S/C42H36NOP/c1-29-26-30(31-21-23-40-38-18-9-8-16-36(38)37-17-10-11-19-39(37)41(40)27-31)20-22-35(29)42-28-34(24-25-43-42)45(44,32-12-4-2-5-13-32)33-14-6-3-7-15-33/h2-8,10-17,19-24,26-27,42-43H,9,18,25,28H2,1H3. The molecule has 1 atom stereocenters. The molecule has 1 unspecified atom stereocenters. The second-order valence-corrected chi connectivity index (χ2v) is 15.2. The van der Waals surface area contributed by atoms with E-state index in [1.807, 2.05) is 60.7 Å². The van der Waals surface area contributed by atoms with Gasteiger partial charge in [-0.3, -0.25) is 0 Å². The predicted molar refractivity (Wildman–Crippen MR) is 192 cm³/mol. The van der Waals surface area contributed by atoms with E-state index in [-0.39, 0.29) is 6.04 Å². The van der Waals surface area contributed by atoms with Crippen molar-refractivity contribution in [2.45, 2.75) is 32.2 Å². The normalized spacial score (nSPS) is 16.5. The molecule has 0 amide bonds. The van der Waals surface area contributed by atoms with E-state index in [1.165, 1.54) is 54.9 Å². The number of nitrogens with one attached hydrogen (secondary N) is 1. The average molecular weight is 602 g/mol. The van der Waals surface area contributed by atoms with Gasteiger partial charge in [0, 0.05) is 23.2 Å². The molecular formula is C42H36NOP. The topological polar surface area (TPSA) is 29.1 Å². The number of benzene rings is 6. The lowest BCUT2D eigenvalue weighted by Crippen LogP contribution is -2.29. The van der Waals surface area contributed by atoms with Crippen LogP contribution in [0, 0.1) is 6.92 Å². The Morgan fingerprint density at radius 3 is 2.09 bits per heavy atom. The molecule has 8 rings (SSSR count). The summed E-state index contributed by atoms with van der Waals surface area (Å²) in [5, 5.41) is 11.9. The highest BCUT2D eigenvalue weighted by Crippen LogP contribution is 2.55. The van der Waals surface area contributed by atoms with Crippen molar-refractivity contribution in [2.75, 3.05) is 6.54 Å². The Labute approximate surface area is 265 Å². The van der Waals surface area contributed by atoms with Crippen LogP contribution in [-0.2, 0) is 11.0 Å². The van der Waals surface area contributed by atoms with Gasteiger partial charge in [0.05, 0.1) is 0 Å². The monoisotopic (exact) mass is 601 g/mol. The molecule has 3 heteroatoms. The molecule has 0 radical (unpaired) electrons. The highest BCUT2D eigenvalue weighted by Gasteiger charge is 2.35. The Kier molecular flexibility index (Phi) is 7.13. The lowest BCUT2D eigenvalue weighted by atomic mass is 9.85. The number of hydrogen-bond donors (Lipinski definition) is 1. The van der Waals surface area contributed by atoms with E-state index in [1.54, 1.807) is 0 Å². The second-order valence-electron chi connectivity index (χ2n) is 12.4. The van der Waals surface area contributed by atoms with Crippen molar-refractivity contribution >= 4 is 45.4 Å². The summed E-state index contributed by atoms with van der Waals surface area (Å²) in [6.07, 6.45) is 9.68. The van der Waals surface area contributed by atoms with Crippen molar-refractivity contribution in [3.63, 3.8) is 0 Å². The molecule has 0 spiro atoms. The molecule has 0 aromatic heterocycles. The summed E-state index contributed by atoms with van der Waals surface area (Å²) in [4.78, 5) is 0. The fraction of sp³-hybridized carbons (Fsp3) is 0.143. The van der Waals surface area contributed by atoms with Crippen LogP contribution in [0.1, 0.15) is 41.1 Å². The van der Waals surface area contributed by atoms with Crippen LogP contribution in [0.15, 0.2) is 139 Å². The third-order valence-corrected chi connectivity index (χ3v) is 13.0. The number of aryl methyl sites for hydroxylation is 2. The van der Waals surface area contributed by atoms with Crippen LogP contribution in [0.3, 0.4) is 0 Å². The van der Waals surface area contributed by atoms with Crippen molar-refractivity contribution in [1.82, 2.24) is 5.32 Å². The first-order valence-corrected chi connectivity index (χ1v) is 17.7. The average Bonchev–Trinajstić information content (AvgIpc) is 3.12. The molecule has 2 aliphatic rings. The van der Waals surface area contributed by atoms with Crippen LogP contribution in [0.25, 0.3) is 38.7 Å². The molecule has 0 bridgehead atoms. The van der Waals surface area contributed by atoms with Gasteiger partial charge in [-0.1, -0.05) is 133 Å². The number of hydrogen-bond acceptors (Lipinski definition) is 2. The number of fused-ring (bicyclic) bond motifs is 6. The molecule has 1 aliphatic carbocycles. The lowest BCUT2D eigenvalue weighted by Gasteiger charge is -2.31. The maximum absolute atomic E-state index is 15.1. The summed E-state index contributed by atoms with van der Waals surface area (Å²) in [7, 11) is -2.97. The van der Waals surface area contributed by atoms with Crippen molar-refractivity contribution in [3.05, 3.63) is 161 Å². The van der Waals surface area contributed by atoms with Gasteiger partial charge < -0.3 is 9.88 Å². The lowest BCUT2D eigenvalue weighted by molar-refractivity contribution is 0.539. The van der Waals surface area contributed by atoms with Crippen molar-refractivity contribution in [2.24, 2.45) is 0 Å². The third-order valence-electron chi connectivity index (χ3n) is 9.76. The minimum absolute atomic E-state index is 0.0972. The van der Waals surface area contributed by atoms with Crippen molar-refractivity contribution in [1.29, 1.82) is 0 Å². The molecule has 220 valence electrons. The Morgan fingerprint density at radius 2 is 1.36 bits per heavy atom. The fourth-order valence-corrected chi connectivity index (χ4v) is 10.5.